The minimum Gasteiger partial charge on any atom is -0.332 e. The zero-order valence-electron chi connectivity index (χ0n) is 12.7. The fraction of sp³-hybridized carbons (Fsp3) is 0.467. The van der Waals surface area contributed by atoms with Crippen LogP contribution in [0.5, 0.6) is 0 Å². The molecule has 7 heteroatoms. The van der Waals surface area contributed by atoms with Crippen molar-refractivity contribution in [3.05, 3.63) is 29.0 Å². The highest BCUT2D eigenvalue weighted by atomic mass is 35.5. The van der Waals surface area contributed by atoms with Crippen LogP contribution in [0.2, 0.25) is 5.02 Å². The molecule has 0 aliphatic carbocycles. The van der Waals surface area contributed by atoms with Gasteiger partial charge >= 0.3 is 0 Å². The standard InChI is InChI=1S/C15H19ClFN3O2/c1-10(19-5-7-20(8-6-19)11(2)21)15(22)18-14-4-3-12(17)9-13(14)16/h3-4,9-10H,5-8H2,1-2H3,(H,18,22)/p+1/t10-/m0/s1. The van der Waals surface area contributed by atoms with Gasteiger partial charge in [-0.2, -0.15) is 0 Å². The van der Waals surface area contributed by atoms with Crippen LogP contribution in [0.25, 0.3) is 0 Å². The minimum atomic E-state index is -0.443. The second kappa shape index (κ2) is 7.07. The molecule has 0 aromatic heterocycles. The first-order valence-electron chi connectivity index (χ1n) is 7.24. The summed E-state index contributed by atoms with van der Waals surface area (Å²) in [5, 5.41) is 2.91. The zero-order valence-corrected chi connectivity index (χ0v) is 13.4. The van der Waals surface area contributed by atoms with Gasteiger partial charge in [0.1, 0.15) is 5.82 Å². The lowest BCUT2D eigenvalue weighted by molar-refractivity contribution is -0.917. The van der Waals surface area contributed by atoms with Gasteiger partial charge in [-0.1, -0.05) is 11.6 Å². The fourth-order valence-electron chi connectivity index (χ4n) is 2.56. The van der Waals surface area contributed by atoms with Gasteiger partial charge < -0.3 is 15.1 Å². The summed E-state index contributed by atoms with van der Waals surface area (Å²) in [7, 11) is 0. The summed E-state index contributed by atoms with van der Waals surface area (Å²) < 4.78 is 13.0. The zero-order chi connectivity index (χ0) is 16.3. The smallest absolute Gasteiger partial charge is 0.282 e. The molecular weight excluding hydrogens is 309 g/mol. The average molecular weight is 329 g/mol. The molecule has 1 saturated heterocycles. The quantitative estimate of drug-likeness (QED) is 0.851. The average Bonchev–Trinajstić information content (AvgIpc) is 2.49. The molecule has 2 N–H and O–H groups in total. The van der Waals surface area contributed by atoms with Gasteiger partial charge in [0, 0.05) is 6.92 Å². The number of nitrogens with one attached hydrogen (secondary N) is 2. The van der Waals surface area contributed by atoms with Crippen molar-refractivity contribution in [2.24, 2.45) is 0 Å². The summed E-state index contributed by atoms with van der Waals surface area (Å²) in [6, 6.07) is 3.60. The molecule has 2 amide bonds. The molecule has 0 radical (unpaired) electrons. The number of hydrogen-bond donors (Lipinski definition) is 2. The van der Waals surface area contributed by atoms with E-state index in [0.29, 0.717) is 18.8 Å². The predicted octanol–water partition coefficient (Wildman–Crippen LogP) is 0.553. The molecule has 1 heterocycles. The van der Waals surface area contributed by atoms with Gasteiger partial charge in [-0.25, -0.2) is 4.39 Å². The van der Waals surface area contributed by atoms with Crippen LogP contribution in [0.15, 0.2) is 18.2 Å². The normalized spacial score (nSPS) is 17.2. The van der Waals surface area contributed by atoms with E-state index >= 15 is 0 Å². The van der Waals surface area contributed by atoms with Crippen molar-refractivity contribution >= 4 is 29.1 Å². The second-order valence-corrected chi connectivity index (χ2v) is 5.91. The van der Waals surface area contributed by atoms with E-state index in [-0.39, 0.29) is 22.9 Å². The molecular formula is C15H20ClFN3O2+. The summed E-state index contributed by atoms with van der Waals surface area (Å²) in [5.41, 5.74) is 0.404. The third-order valence-electron chi connectivity index (χ3n) is 4.05. The monoisotopic (exact) mass is 328 g/mol. The van der Waals surface area contributed by atoms with E-state index in [2.05, 4.69) is 5.32 Å². The summed E-state index contributed by atoms with van der Waals surface area (Å²) >= 11 is 5.91. The van der Waals surface area contributed by atoms with E-state index in [0.717, 1.165) is 18.0 Å². The number of amides is 2. The first kappa shape index (κ1) is 16.7. The highest BCUT2D eigenvalue weighted by molar-refractivity contribution is 6.33. The molecule has 0 unspecified atom stereocenters. The van der Waals surface area contributed by atoms with Crippen LogP contribution in [-0.2, 0) is 9.59 Å². The van der Waals surface area contributed by atoms with Gasteiger partial charge in [0.2, 0.25) is 5.91 Å². The Morgan fingerprint density at radius 2 is 2.00 bits per heavy atom. The van der Waals surface area contributed by atoms with E-state index < -0.39 is 5.82 Å². The first-order chi connectivity index (χ1) is 10.4. The van der Waals surface area contributed by atoms with E-state index in [1.807, 2.05) is 6.92 Å². The Balaban J connectivity index is 1.94. The van der Waals surface area contributed by atoms with E-state index in [9.17, 15) is 14.0 Å². The molecule has 0 spiro atoms. The largest absolute Gasteiger partial charge is 0.332 e. The van der Waals surface area contributed by atoms with Crippen molar-refractivity contribution < 1.29 is 18.9 Å². The van der Waals surface area contributed by atoms with Gasteiger partial charge in [0.25, 0.3) is 5.91 Å². The SMILES string of the molecule is CC(=O)N1CC[NH+]([C@@H](C)C(=O)Nc2ccc(F)cc2Cl)CC1. The van der Waals surface area contributed by atoms with Crippen LogP contribution in [0, 0.1) is 5.82 Å². The molecule has 5 nitrogen and oxygen atoms in total. The number of halogens is 2. The second-order valence-electron chi connectivity index (χ2n) is 5.50. The Morgan fingerprint density at radius 3 is 2.55 bits per heavy atom. The van der Waals surface area contributed by atoms with Crippen LogP contribution in [0.3, 0.4) is 0 Å². The molecule has 120 valence electrons. The lowest BCUT2D eigenvalue weighted by Crippen LogP contribution is -3.19. The van der Waals surface area contributed by atoms with E-state index in [4.69, 9.17) is 11.6 Å². The molecule has 1 aliphatic rings. The lowest BCUT2D eigenvalue weighted by Gasteiger charge is -2.34. The number of piperazine rings is 1. The van der Waals surface area contributed by atoms with Crippen LogP contribution in [-0.4, -0.2) is 48.9 Å². The number of carbonyl (C=O) groups is 2. The molecule has 0 bridgehead atoms. The number of benzene rings is 1. The Hall–Kier alpha value is -1.66. The molecule has 1 fully saturated rings. The number of quaternary nitrogens is 1. The Labute approximate surface area is 134 Å². The molecule has 22 heavy (non-hydrogen) atoms. The van der Waals surface area contributed by atoms with Crippen molar-refractivity contribution in [2.75, 3.05) is 31.5 Å². The maximum Gasteiger partial charge on any atom is 0.282 e. The number of anilines is 1. The van der Waals surface area contributed by atoms with E-state index in [1.165, 1.54) is 18.2 Å². The Morgan fingerprint density at radius 1 is 1.36 bits per heavy atom. The highest BCUT2D eigenvalue weighted by Gasteiger charge is 2.30. The predicted molar refractivity (Wildman–Crippen MR) is 82.5 cm³/mol. The number of hydrogen-bond acceptors (Lipinski definition) is 2. The first-order valence-corrected chi connectivity index (χ1v) is 7.62. The van der Waals surface area contributed by atoms with Crippen LogP contribution < -0.4 is 10.2 Å². The molecule has 1 aromatic rings. The highest BCUT2D eigenvalue weighted by Crippen LogP contribution is 2.22. The van der Waals surface area contributed by atoms with Crippen LogP contribution >= 0.6 is 11.6 Å². The van der Waals surface area contributed by atoms with Gasteiger partial charge in [-0.05, 0) is 25.1 Å². The third kappa shape index (κ3) is 3.96. The molecule has 2 rings (SSSR count). The van der Waals surface area contributed by atoms with Gasteiger partial charge in [-0.3, -0.25) is 9.59 Å². The molecule has 1 aliphatic heterocycles. The van der Waals surface area contributed by atoms with Gasteiger partial charge in [-0.15, -0.1) is 0 Å². The number of rotatable bonds is 3. The summed E-state index contributed by atoms with van der Waals surface area (Å²) in [4.78, 5) is 26.5. The summed E-state index contributed by atoms with van der Waals surface area (Å²) in [5.74, 6) is -0.545. The summed E-state index contributed by atoms with van der Waals surface area (Å²) in [6.45, 7) is 6.15. The van der Waals surface area contributed by atoms with Crippen LogP contribution in [0.4, 0.5) is 10.1 Å². The van der Waals surface area contributed by atoms with Crippen molar-refractivity contribution in [2.45, 2.75) is 19.9 Å². The topological polar surface area (TPSA) is 53.9 Å². The molecule has 1 atom stereocenters. The van der Waals surface area contributed by atoms with Crippen molar-refractivity contribution in [3.8, 4) is 0 Å². The number of nitrogens with zero attached hydrogens (tertiary/aromatic N) is 1. The number of carbonyl (C=O) groups excluding carboxylic acids is 2. The Kier molecular flexibility index (Phi) is 5.37. The van der Waals surface area contributed by atoms with Gasteiger partial charge in [0.05, 0.1) is 36.9 Å². The fourth-order valence-corrected chi connectivity index (χ4v) is 2.77. The summed E-state index contributed by atoms with van der Waals surface area (Å²) in [6.07, 6.45) is 0. The van der Waals surface area contributed by atoms with Gasteiger partial charge in [0.15, 0.2) is 6.04 Å². The van der Waals surface area contributed by atoms with Crippen molar-refractivity contribution in [3.63, 3.8) is 0 Å². The van der Waals surface area contributed by atoms with Crippen molar-refractivity contribution in [1.29, 1.82) is 0 Å². The Bertz CT molecular complexity index is 574. The lowest BCUT2D eigenvalue weighted by atomic mass is 10.2. The minimum absolute atomic E-state index is 0.0641. The maximum absolute atomic E-state index is 13.0. The molecule has 0 saturated carbocycles. The third-order valence-corrected chi connectivity index (χ3v) is 4.36. The van der Waals surface area contributed by atoms with E-state index in [1.54, 1.807) is 11.8 Å². The van der Waals surface area contributed by atoms with Crippen molar-refractivity contribution in [1.82, 2.24) is 4.90 Å². The van der Waals surface area contributed by atoms with Crippen LogP contribution in [0.1, 0.15) is 13.8 Å². The maximum atomic E-state index is 13.0. The molecule has 1 aromatic carbocycles.